The van der Waals surface area contributed by atoms with E-state index >= 15 is 0 Å². The Balaban J connectivity index is 2.45. The van der Waals surface area contributed by atoms with Crippen molar-refractivity contribution in [3.05, 3.63) is 12.1 Å². The van der Waals surface area contributed by atoms with E-state index in [2.05, 4.69) is 21.7 Å². The van der Waals surface area contributed by atoms with Crippen molar-refractivity contribution in [1.29, 1.82) is 0 Å². The quantitative estimate of drug-likeness (QED) is 0.606. The third-order valence-corrected chi connectivity index (χ3v) is 3.31. The Morgan fingerprint density at radius 2 is 2.32 bits per heavy atom. The van der Waals surface area contributed by atoms with Gasteiger partial charge in [-0.05, 0) is 0 Å². The van der Waals surface area contributed by atoms with Gasteiger partial charge in [-0.1, -0.05) is 6.58 Å². The fraction of sp³-hybridized carbons (Fsp3) is 0.583. The topological polar surface area (TPSA) is 128 Å². The van der Waals surface area contributed by atoms with Crippen LogP contribution in [-0.2, 0) is 4.74 Å². The SMILES string of the molecule is C=C([C@@H]1O[C@H](CO)[C@@H](O)[C@H]1F)n1nc(N)nc(OC)/c1=N/C. The van der Waals surface area contributed by atoms with Gasteiger partial charge in [0.25, 0.3) is 5.88 Å². The molecule has 1 aliphatic rings. The Hall–Kier alpha value is -2.04. The lowest BCUT2D eigenvalue weighted by Crippen LogP contribution is -2.35. The number of nitrogens with two attached hydrogens (primary N) is 1. The number of hydrogen-bond donors (Lipinski definition) is 3. The summed E-state index contributed by atoms with van der Waals surface area (Å²) in [5, 5.41) is 22.7. The first kappa shape index (κ1) is 16.3. The Bertz CT molecular complexity index is 634. The summed E-state index contributed by atoms with van der Waals surface area (Å²) in [6.45, 7) is 3.21. The zero-order chi connectivity index (χ0) is 16.4. The van der Waals surface area contributed by atoms with Crippen LogP contribution in [-0.4, -0.2) is 70.2 Å². The second kappa shape index (κ2) is 6.38. The second-order valence-electron chi connectivity index (χ2n) is 4.64. The van der Waals surface area contributed by atoms with E-state index in [9.17, 15) is 9.50 Å². The third kappa shape index (κ3) is 2.67. The number of aromatic nitrogens is 3. The first-order chi connectivity index (χ1) is 10.4. The number of aliphatic hydroxyl groups excluding tert-OH is 2. The number of nitrogens with zero attached hydrogens (tertiary/aromatic N) is 4. The highest BCUT2D eigenvalue weighted by Crippen LogP contribution is 2.29. The molecule has 1 aromatic heterocycles. The molecule has 1 aliphatic heterocycles. The van der Waals surface area contributed by atoms with E-state index in [1.54, 1.807) is 0 Å². The van der Waals surface area contributed by atoms with Crippen molar-refractivity contribution in [2.45, 2.75) is 24.5 Å². The van der Waals surface area contributed by atoms with Crippen LogP contribution in [0.4, 0.5) is 10.3 Å². The maximum absolute atomic E-state index is 14.2. The normalized spacial score (nSPS) is 28.9. The molecule has 1 aromatic rings. The molecule has 22 heavy (non-hydrogen) atoms. The first-order valence-corrected chi connectivity index (χ1v) is 6.45. The van der Waals surface area contributed by atoms with Crippen LogP contribution in [0.2, 0.25) is 0 Å². The highest BCUT2D eigenvalue weighted by molar-refractivity contribution is 5.48. The Morgan fingerprint density at radius 3 is 2.82 bits per heavy atom. The molecule has 4 N–H and O–H groups in total. The van der Waals surface area contributed by atoms with Crippen LogP contribution in [0.3, 0.4) is 0 Å². The Morgan fingerprint density at radius 1 is 1.64 bits per heavy atom. The molecule has 0 aromatic carbocycles. The average molecular weight is 315 g/mol. The summed E-state index contributed by atoms with van der Waals surface area (Å²) in [6, 6.07) is 0. The standard InChI is InChI=1S/C12H18FN5O4/c1-5(9-7(13)8(20)6(4-19)22-9)18-10(15-2)11(21-3)16-12(14)17-18/h6-9,19-20H,1,4H2,2-3H3,(H2,14,17)/b15-10-/t6-,7-,8-,9+/m1/s1. The molecule has 1 saturated heterocycles. The van der Waals surface area contributed by atoms with Crippen molar-refractivity contribution in [3.63, 3.8) is 0 Å². The van der Waals surface area contributed by atoms with E-state index in [-0.39, 0.29) is 23.0 Å². The minimum atomic E-state index is -1.77. The van der Waals surface area contributed by atoms with Crippen molar-refractivity contribution in [3.8, 4) is 5.88 Å². The van der Waals surface area contributed by atoms with Crippen molar-refractivity contribution in [1.82, 2.24) is 14.8 Å². The molecule has 0 spiro atoms. The zero-order valence-corrected chi connectivity index (χ0v) is 12.2. The predicted molar refractivity (Wildman–Crippen MR) is 74.5 cm³/mol. The van der Waals surface area contributed by atoms with Crippen molar-refractivity contribution >= 4 is 11.6 Å². The van der Waals surface area contributed by atoms with Crippen LogP contribution in [0.15, 0.2) is 11.6 Å². The minimum Gasteiger partial charge on any atom is -0.478 e. The Labute approximate surface area is 125 Å². The van der Waals surface area contributed by atoms with Gasteiger partial charge in [-0.25, -0.2) is 9.07 Å². The minimum absolute atomic E-state index is 0.0514. The van der Waals surface area contributed by atoms with E-state index in [4.69, 9.17) is 20.3 Å². The van der Waals surface area contributed by atoms with Gasteiger partial charge in [0.2, 0.25) is 11.4 Å². The van der Waals surface area contributed by atoms with Gasteiger partial charge in [0.05, 0.1) is 19.4 Å². The molecule has 0 saturated carbocycles. The summed E-state index contributed by atoms with van der Waals surface area (Å²) in [7, 11) is 2.84. The molecule has 1 fully saturated rings. The lowest BCUT2D eigenvalue weighted by atomic mass is 10.1. The monoisotopic (exact) mass is 315 g/mol. The van der Waals surface area contributed by atoms with Gasteiger partial charge in [0, 0.05) is 7.05 Å². The average Bonchev–Trinajstić information content (AvgIpc) is 2.81. The number of rotatable bonds is 4. The van der Waals surface area contributed by atoms with Gasteiger partial charge in [-0.3, -0.25) is 4.99 Å². The van der Waals surface area contributed by atoms with Crippen molar-refractivity contribution in [2.24, 2.45) is 4.99 Å². The highest BCUT2D eigenvalue weighted by atomic mass is 19.1. The summed E-state index contributed by atoms with van der Waals surface area (Å²) >= 11 is 0. The summed E-state index contributed by atoms with van der Waals surface area (Å²) in [5.41, 5.74) is 5.80. The van der Waals surface area contributed by atoms with Crippen LogP contribution in [0, 0.1) is 0 Å². The van der Waals surface area contributed by atoms with Gasteiger partial charge in [0.15, 0.2) is 6.17 Å². The summed E-state index contributed by atoms with van der Waals surface area (Å²) in [5.74, 6) is -0.0399. The van der Waals surface area contributed by atoms with Gasteiger partial charge in [0.1, 0.15) is 18.3 Å². The summed E-state index contributed by atoms with van der Waals surface area (Å²) in [4.78, 5) is 7.83. The van der Waals surface area contributed by atoms with Gasteiger partial charge < -0.3 is 25.4 Å². The fourth-order valence-corrected chi connectivity index (χ4v) is 2.21. The molecule has 0 amide bonds. The largest absolute Gasteiger partial charge is 0.478 e. The molecule has 2 rings (SSSR count). The van der Waals surface area contributed by atoms with E-state index in [0.29, 0.717) is 0 Å². The third-order valence-electron chi connectivity index (χ3n) is 3.31. The number of nitrogen functional groups attached to an aromatic ring is 1. The van der Waals surface area contributed by atoms with Gasteiger partial charge in [-0.15, -0.1) is 5.10 Å². The summed E-state index contributed by atoms with van der Waals surface area (Å²) < 4.78 is 25.7. The molecule has 0 unspecified atom stereocenters. The van der Waals surface area contributed by atoms with E-state index in [1.165, 1.54) is 14.2 Å². The van der Waals surface area contributed by atoms with E-state index in [0.717, 1.165) is 4.68 Å². The molecule has 4 atom stereocenters. The lowest BCUT2D eigenvalue weighted by molar-refractivity contribution is -0.0103. The predicted octanol–water partition coefficient (Wildman–Crippen LogP) is -1.67. The molecule has 9 nitrogen and oxygen atoms in total. The maximum Gasteiger partial charge on any atom is 0.262 e. The number of ether oxygens (including phenoxy) is 2. The number of halogens is 1. The van der Waals surface area contributed by atoms with Crippen LogP contribution < -0.4 is 16.0 Å². The molecule has 0 radical (unpaired) electrons. The van der Waals surface area contributed by atoms with Crippen LogP contribution in [0.1, 0.15) is 0 Å². The molecule has 0 bridgehead atoms. The molecular formula is C12H18FN5O4. The summed E-state index contributed by atoms with van der Waals surface area (Å²) in [6.07, 6.45) is -5.49. The van der Waals surface area contributed by atoms with Crippen LogP contribution >= 0.6 is 0 Å². The smallest absolute Gasteiger partial charge is 0.262 e. The number of anilines is 1. The number of hydrogen-bond acceptors (Lipinski definition) is 8. The zero-order valence-electron chi connectivity index (χ0n) is 12.2. The second-order valence-corrected chi connectivity index (χ2v) is 4.64. The first-order valence-electron chi connectivity index (χ1n) is 6.45. The Kier molecular flexibility index (Phi) is 4.74. The van der Waals surface area contributed by atoms with E-state index < -0.39 is 31.1 Å². The van der Waals surface area contributed by atoms with Gasteiger partial charge in [-0.2, -0.15) is 4.98 Å². The number of methoxy groups -OCH3 is 1. The van der Waals surface area contributed by atoms with Crippen LogP contribution in [0.25, 0.3) is 5.70 Å². The van der Waals surface area contributed by atoms with E-state index in [1.807, 2.05) is 0 Å². The molecule has 0 aliphatic carbocycles. The highest BCUT2D eigenvalue weighted by Gasteiger charge is 2.45. The van der Waals surface area contributed by atoms with Gasteiger partial charge >= 0.3 is 0 Å². The molecule has 10 heteroatoms. The molecular weight excluding hydrogens is 297 g/mol. The van der Waals surface area contributed by atoms with Crippen LogP contribution in [0.5, 0.6) is 5.88 Å². The molecule has 2 heterocycles. The maximum atomic E-state index is 14.2. The molecule has 122 valence electrons. The van der Waals surface area contributed by atoms with Crippen molar-refractivity contribution in [2.75, 3.05) is 26.5 Å². The number of alkyl halides is 1. The van der Waals surface area contributed by atoms with Crippen molar-refractivity contribution < 1.29 is 24.1 Å². The number of aliphatic hydroxyl groups is 2. The fourth-order valence-electron chi connectivity index (χ4n) is 2.21. The lowest BCUT2D eigenvalue weighted by Gasteiger charge is -2.18.